The number of aromatic nitrogens is 5. The fraction of sp³-hybridized carbons (Fsp3) is 0.435. The Morgan fingerprint density at radius 1 is 1.20 bits per heavy atom. The Hall–Kier alpha value is -2.93. The molecule has 0 radical (unpaired) electrons. The maximum Gasteiger partial charge on any atom is 0.162 e. The lowest BCUT2D eigenvalue weighted by atomic mass is 9.80. The SMILES string of the molecule is CC(C1CCNCC(C)(C)C1)n1ncc2c3cc(-c4ccccc4O)nnc3[nH]c21. The molecule has 0 amide bonds. The van der Waals surface area contributed by atoms with E-state index in [-0.39, 0.29) is 17.2 Å². The van der Waals surface area contributed by atoms with Gasteiger partial charge in [-0.3, -0.25) is 0 Å². The number of aromatic hydroxyl groups is 1. The Balaban J connectivity index is 1.55. The van der Waals surface area contributed by atoms with Gasteiger partial charge in [-0.05, 0) is 55.8 Å². The van der Waals surface area contributed by atoms with Crippen molar-refractivity contribution in [3.63, 3.8) is 0 Å². The smallest absolute Gasteiger partial charge is 0.162 e. The number of phenols is 1. The summed E-state index contributed by atoms with van der Waals surface area (Å²) >= 11 is 0. The van der Waals surface area contributed by atoms with E-state index in [4.69, 9.17) is 5.10 Å². The van der Waals surface area contributed by atoms with Gasteiger partial charge in [0.25, 0.3) is 0 Å². The number of phenolic OH excluding ortho intramolecular Hbond substituents is 1. The number of nitrogens with zero attached hydrogens (tertiary/aromatic N) is 4. The van der Waals surface area contributed by atoms with Gasteiger partial charge in [0.1, 0.15) is 11.4 Å². The molecule has 30 heavy (non-hydrogen) atoms. The van der Waals surface area contributed by atoms with Crippen molar-refractivity contribution in [3.8, 4) is 17.0 Å². The molecule has 7 nitrogen and oxygen atoms in total. The summed E-state index contributed by atoms with van der Waals surface area (Å²) in [6.07, 6.45) is 4.23. The summed E-state index contributed by atoms with van der Waals surface area (Å²) in [7, 11) is 0. The van der Waals surface area contributed by atoms with Crippen LogP contribution in [0.1, 0.15) is 39.7 Å². The van der Waals surface area contributed by atoms with Crippen LogP contribution in [0.2, 0.25) is 0 Å². The minimum Gasteiger partial charge on any atom is -0.507 e. The zero-order valence-corrected chi connectivity index (χ0v) is 17.7. The van der Waals surface area contributed by atoms with Crippen LogP contribution in [-0.4, -0.2) is 43.2 Å². The third-order valence-electron chi connectivity index (χ3n) is 6.47. The van der Waals surface area contributed by atoms with Crippen molar-refractivity contribution in [2.24, 2.45) is 11.3 Å². The van der Waals surface area contributed by atoms with Crippen molar-refractivity contribution in [2.45, 2.75) is 39.7 Å². The van der Waals surface area contributed by atoms with E-state index in [9.17, 15) is 5.11 Å². The fourth-order valence-electron chi connectivity index (χ4n) is 4.83. The highest BCUT2D eigenvalue weighted by molar-refractivity contribution is 6.05. The predicted octanol–water partition coefficient (Wildman–Crippen LogP) is 4.27. The van der Waals surface area contributed by atoms with Crippen molar-refractivity contribution in [1.82, 2.24) is 30.3 Å². The lowest BCUT2D eigenvalue weighted by Gasteiger charge is -2.30. The molecular formula is C23H28N6O. The highest BCUT2D eigenvalue weighted by Crippen LogP contribution is 2.37. The van der Waals surface area contributed by atoms with Gasteiger partial charge < -0.3 is 15.4 Å². The third-order valence-corrected chi connectivity index (χ3v) is 6.47. The van der Waals surface area contributed by atoms with E-state index in [1.807, 2.05) is 24.4 Å². The van der Waals surface area contributed by atoms with Crippen molar-refractivity contribution in [3.05, 3.63) is 36.5 Å². The summed E-state index contributed by atoms with van der Waals surface area (Å²) in [4.78, 5) is 3.42. The summed E-state index contributed by atoms with van der Waals surface area (Å²) in [5.74, 6) is 0.749. The lowest BCUT2D eigenvalue weighted by molar-refractivity contribution is 0.226. The number of nitrogens with one attached hydrogen (secondary N) is 2. The summed E-state index contributed by atoms with van der Waals surface area (Å²) in [6, 6.07) is 9.45. The number of benzene rings is 1. The molecule has 156 valence electrons. The van der Waals surface area contributed by atoms with E-state index in [2.05, 4.69) is 46.0 Å². The number of para-hydroxylation sites is 1. The Morgan fingerprint density at radius 3 is 2.87 bits per heavy atom. The zero-order chi connectivity index (χ0) is 20.9. The highest BCUT2D eigenvalue weighted by Gasteiger charge is 2.31. The van der Waals surface area contributed by atoms with Crippen LogP contribution < -0.4 is 5.32 Å². The van der Waals surface area contributed by atoms with Crippen molar-refractivity contribution >= 4 is 22.1 Å². The number of hydrogen-bond donors (Lipinski definition) is 3. The van der Waals surface area contributed by atoms with Crippen LogP contribution >= 0.6 is 0 Å². The molecule has 1 fully saturated rings. The molecule has 1 aromatic carbocycles. The van der Waals surface area contributed by atoms with Gasteiger partial charge in [0, 0.05) is 22.9 Å². The minimum atomic E-state index is 0.201. The number of rotatable bonds is 3. The van der Waals surface area contributed by atoms with Gasteiger partial charge in [-0.1, -0.05) is 26.0 Å². The van der Waals surface area contributed by atoms with Crippen LogP contribution in [0.4, 0.5) is 0 Å². The Kier molecular flexibility index (Phi) is 4.50. The standard InChI is InChI=1S/C23H28N6O/c1-14(15-8-9-24-13-23(2,3)11-15)29-22-18(12-25-29)17-10-19(27-28-21(17)26-22)16-6-4-5-7-20(16)30/h4-7,10,12,14-15,24,30H,8-9,11,13H2,1-3H3,(H,26,28). The second-order valence-electron chi connectivity index (χ2n) is 9.32. The Morgan fingerprint density at radius 2 is 2.03 bits per heavy atom. The summed E-state index contributed by atoms with van der Waals surface area (Å²) in [5, 5.41) is 29.2. The third kappa shape index (κ3) is 3.23. The number of fused-ring (bicyclic) bond motifs is 3. The second kappa shape index (κ2) is 7.09. The molecule has 2 atom stereocenters. The monoisotopic (exact) mass is 404 g/mol. The molecule has 1 aliphatic heterocycles. The van der Waals surface area contributed by atoms with Gasteiger partial charge in [0.2, 0.25) is 0 Å². The van der Waals surface area contributed by atoms with Crippen LogP contribution in [0.5, 0.6) is 5.75 Å². The predicted molar refractivity (Wildman–Crippen MR) is 118 cm³/mol. The molecule has 0 aliphatic carbocycles. The molecule has 3 N–H and O–H groups in total. The number of aromatic amines is 1. The quantitative estimate of drug-likeness (QED) is 0.474. The van der Waals surface area contributed by atoms with Gasteiger partial charge in [0.15, 0.2) is 5.65 Å². The molecule has 0 saturated carbocycles. The molecule has 3 aromatic heterocycles. The molecule has 1 aliphatic rings. The van der Waals surface area contributed by atoms with Crippen LogP contribution in [0.3, 0.4) is 0 Å². The van der Waals surface area contributed by atoms with Gasteiger partial charge in [-0.15, -0.1) is 10.2 Å². The molecule has 4 aromatic rings. The minimum absolute atomic E-state index is 0.201. The van der Waals surface area contributed by atoms with Crippen molar-refractivity contribution in [2.75, 3.05) is 13.1 Å². The molecule has 0 bridgehead atoms. The first-order chi connectivity index (χ1) is 14.4. The first-order valence-corrected chi connectivity index (χ1v) is 10.6. The molecule has 2 unspecified atom stereocenters. The molecule has 4 heterocycles. The Labute approximate surface area is 175 Å². The van der Waals surface area contributed by atoms with E-state index in [0.717, 1.165) is 41.6 Å². The first-order valence-electron chi connectivity index (χ1n) is 10.6. The van der Waals surface area contributed by atoms with E-state index in [0.29, 0.717) is 17.2 Å². The molecule has 1 saturated heterocycles. The van der Waals surface area contributed by atoms with E-state index < -0.39 is 0 Å². The lowest BCUT2D eigenvalue weighted by Crippen LogP contribution is -2.28. The maximum atomic E-state index is 10.2. The van der Waals surface area contributed by atoms with Gasteiger partial charge in [-0.25, -0.2) is 4.68 Å². The molecular weight excluding hydrogens is 376 g/mol. The van der Waals surface area contributed by atoms with Gasteiger partial charge >= 0.3 is 0 Å². The van der Waals surface area contributed by atoms with Gasteiger partial charge in [-0.2, -0.15) is 5.10 Å². The maximum absolute atomic E-state index is 10.2. The van der Waals surface area contributed by atoms with Crippen LogP contribution in [0.25, 0.3) is 33.3 Å². The average Bonchev–Trinajstić information content (AvgIpc) is 3.23. The summed E-state index contributed by atoms with van der Waals surface area (Å²) in [6.45, 7) is 9.04. The second-order valence-corrected chi connectivity index (χ2v) is 9.32. The molecule has 7 heteroatoms. The Bertz CT molecular complexity index is 1210. The summed E-state index contributed by atoms with van der Waals surface area (Å²) < 4.78 is 2.11. The van der Waals surface area contributed by atoms with E-state index in [1.54, 1.807) is 12.1 Å². The summed E-state index contributed by atoms with van der Waals surface area (Å²) in [5.41, 5.74) is 3.33. The molecule has 5 rings (SSSR count). The van der Waals surface area contributed by atoms with E-state index in [1.165, 1.54) is 6.42 Å². The van der Waals surface area contributed by atoms with Crippen LogP contribution in [-0.2, 0) is 0 Å². The highest BCUT2D eigenvalue weighted by atomic mass is 16.3. The molecule has 0 spiro atoms. The fourth-order valence-corrected chi connectivity index (χ4v) is 4.83. The topological polar surface area (TPSA) is 91.7 Å². The van der Waals surface area contributed by atoms with Crippen molar-refractivity contribution in [1.29, 1.82) is 0 Å². The largest absolute Gasteiger partial charge is 0.507 e. The number of hydrogen-bond acceptors (Lipinski definition) is 5. The van der Waals surface area contributed by atoms with Crippen molar-refractivity contribution < 1.29 is 5.11 Å². The average molecular weight is 405 g/mol. The normalized spacial score (nSPS) is 20.4. The van der Waals surface area contributed by atoms with Crippen LogP contribution in [0, 0.1) is 11.3 Å². The van der Waals surface area contributed by atoms with Crippen LogP contribution in [0.15, 0.2) is 36.5 Å². The van der Waals surface area contributed by atoms with E-state index >= 15 is 0 Å². The first kappa shape index (κ1) is 19.1. The zero-order valence-electron chi connectivity index (χ0n) is 17.7. The number of H-pyrrole nitrogens is 1. The van der Waals surface area contributed by atoms with Gasteiger partial charge in [0.05, 0.1) is 17.9 Å².